The molecule has 4 heteroatoms. The fourth-order valence-corrected chi connectivity index (χ4v) is 1.80. The van der Waals surface area contributed by atoms with E-state index in [1.54, 1.807) is 0 Å². The number of nitrogens with one attached hydrogen (secondary N) is 1. The number of benzene rings is 1. The molecule has 0 amide bonds. The van der Waals surface area contributed by atoms with Gasteiger partial charge in [0.15, 0.2) is 6.61 Å². The van der Waals surface area contributed by atoms with Gasteiger partial charge in [0, 0.05) is 24.7 Å². The van der Waals surface area contributed by atoms with Crippen molar-refractivity contribution < 1.29 is 4.74 Å². The van der Waals surface area contributed by atoms with Crippen LogP contribution in [0, 0.1) is 11.3 Å². The highest BCUT2D eigenvalue weighted by Crippen LogP contribution is 2.17. The van der Waals surface area contributed by atoms with E-state index in [1.807, 2.05) is 30.3 Å². The largest absolute Gasteiger partial charge is 0.478 e. The zero-order valence-corrected chi connectivity index (χ0v) is 11.3. The molecule has 1 N–H and O–H groups in total. The molecule has 0 radical (unpaired) electrons. The van der Waals surface area contributed by atoms with Crippen molar-refractivity contribution in [2.75, 3.05) is 27.2 Å². The van der Waals surface area contributed by atoms with Crippen molar-refractivity contribution in [3.8, 4) is 11.8 Å². The van der Waals surface area contributed by atoms with Gasteiger partial charge >= 0.3 is 0 Å². The van der Waals surface area contributed by atoms with Crippen LogP contribution in [-0.4, -0.2) is 38.2 Å². The van der Waals surface area contributed by atoms with Crippen molar-refractivity contribution >= 4 is 0 Å². The molecule has 0 spiro atoms. The molecule has 0 heterocycles. The summed E-state index contributed by atoms with van der Waals surface area (Å²) in [6, 6.07) is 10.2. The van der Waals surface area contributed by atoms with E-state index in [1.165, 1.54) is 0 Å². The summed E-state index contributed by atoms with van der Waals surface area (Å²) in [5.74, 6) is 0.781. The quantitative estimate of drug-likeness (QED) is 0.795. The highest BCUT2D eigenvalue weighted by molar-refractivity contribution is 5.33. The molecule has 1 aromatic rings. The fraction of sp³-hybridized carbons (Fsp3) is 0.500. The van der Waals surface area contributed by atoms with Gasteiger partial charge in [-0.2, -0.15) is 5.26 Å². The molecule has 0 aliphatic carbocycles. The lowest BCUT2D eigenvalue weighted by Crippen LogP contribution is -2.35. The molecular formula is C14H21N3O. The summed E-state index contributed by atoms with van der Waals surface area (Å²) in [6.07, 6.45) is 0. The summed E-state index contributed by atoms with van der Waals surface area (Å²) < 4.78 is 5.39. The summed E-state index contributed by atoms with van der Waals surface area (Å²) >= 11 is 0. The lowest BCUT2D eigenvalue weighted by Gasteiger charge is -2.19. The third-order valence-corrected chi connectivity index (χ3v) is 2.54. The standard InChI is InChI=1S/C14H21N3O/c1-12(11-17(2)3)16-10-13-6-4-5-7-14(13)18-9-8-15/h4-7,12,16H,9-11H2,1-3H3. The summed E-state index contributed by atoms with van der Waals surface area (Å²) in [5.41, 5.74) is 1.08. The molecule has 4 nitrogen and oxygen atoms in total. The van der Waals surface area contributed by atoms with Crippen LogP contribution in [0.15, 0.2) is 24.3 Å². The third-order valence-electron chi connectivity index (χ3n) is 2.54. The van der Waals surface area contributed by atoms with Crippen LogP contribution in [0.1, 0.15) is 12.5 Å². The van der Waals surface area contributed by atoms with Crippen molar-refractivity contribution in [2.24, 2.45) is 0 Å². The maximum absolute atomic E-state index is 8.54. The van der Waals surface area contributed by atoms with Gasteiger partial charge in [0.1, 0.15) is 11.8 Å². The Kier molecular flexibility index (Phi) is 6.20. The first-order valence-electron chi connectivity index (χ1n) is 6.09. The highest BCUT2D eigenvalue weighted by Gasteiger charge is 2.06. The van der Waals surface area contributed by atoms with Gasteiger partial charge in [-0.25, -0.2) is 0 Å². The minimum Gasteiger partial charge on any atom is -0.478 e. The maximum Gasteiger partial charge on any atom is 0.174 e. The Labute approximate surface area is 109 Å². The van der Waals surface area contributed by atoms with Crippen LogP contribution in [-0.2, 0) is 6.54 Å². The molecule has 0 aliphatic heterocycles. The van der Waals surface area contributed by atoms with Crippen LogP contribution in [0.5, 0.6) is 5.75 Å². The Balaban J connectivity index is 2.53. The lowest BCUT2D eigenvalue weighted by atomic mass is 10.2. The molecule has 1 rings (SSSR count). The van der Waals surface area contributed by atoms with Gasteiger partial charge in [-0.05, 0) is 27.1 Å². The van der Waals surface area contributed by atoms with E-state index in [0.717, 1.165) is 24.4 Å². The number of para-hydroxylation sites is 1. The van der Waals surface area contributed by atoms with E-state index < -0.39 is 0 Å². The number of nitriles is 1. The Morgan fingerprint density at radius 3 is 2.78 bits per heavy atom. The Bertz CT molecular complexity index is 398. The Hall–Kier alpha value is -1.57. The molecule has 0 aliphatic rings. The molecule has 18 heavy (non-hydrogen) atoms. The van der Waals surface area contributed by atoms with Gasteiger partial charge in [-0.15, -0.1) is 0 Å². The summed E-state index contributed by atoms with van der Waals surface area (Å²) in [4.78, 5) is 2.15. The molecule has 1 atom stereocenters. The van der Waals surface area contributed by atoms with Gasteiger partial charge in [0.05, 0.1) is 0 Å². The zero-order valence-electron chi connectivity index (χ0n) is 11.3. The third kappa shape index (κ3) is 5.17. The van der Waals surface area contributed by atoms with Crippen LogP contribution in [0.3, 0.4) is 0 Å². The second-order valence-corrected chi connectivity index (χ2v) is 4.60. The number of likely N-dealkylation sites (N-methyl/N-ethyl adjacent to an activating group) is 1. The smallest absolute Gasteiger partial charge is 0.174 e. The van der Waals surface area contributed by atoms with Crippen molar-refractivity contribution in [3.05, 3.63) is 29.8 Å². The monoisotopic (exact) mass is 247 g/mol. The van der Waals surface area contributed by atoms with Crippen molar-refractivity contribution in [1.29, 1.82) is 5.26 Å². The van der Waals surface area contributed by atoms with Gasteiger partial charge in [-0.1, -0.05) is 18.2 Å². The first-order valence-corrected chi connectivity index (χ1v) is 6.09. The zero-order chi connectivity index (χ0) is 13.4. The highest BCUT2D eigenvalue weighted by atomic mass is 16.5. The topological polar surface area (TPSA) is 48.3 Å². The predicted octanol–water partition coefficient (Wildman–Crippen LogP) is 1.63. The number of hydrogen-bond acceptors (Lipinski definition) is 4. The van der Waals surface area contributed by atoms with E-state index in [2.05, 4.69) is 31.2 Å². The normalized spacial score (nSPS) is 12.2. The van der Waals surface area contributed by atoms with Crippen LogP contribution < -0.4 is 10.1 Å². The van der Waals surface area contributed by atoms with E-state index in [-0.39, 0.29) is 6.61 Å². The van der Waals surface area contributed by atoms with Crippen LogP contribution in [0.25, 0.3) is 0 Å². The van der Waals surface area contributed by atoms with Crippen molar-refractivity contribution in [1.82, 2.24) is 10.2 Å². The summed E-state index contributed by atoms with van der Waals surface area (Å²) in [6.45, 7) is 3.97. The predicted molar refractivity (Wildman–Crippen MR) is 72.4 cm³/mol. The molecule has 0 fully saturated rings. The molecule has 0 aromatic heterocycles. The molecule has 1 unspecified atom stereocenters. The lowest BCUT2D eigenvalue weighted by molar-refractivity contribution is 0.342. The minimum atomic E-state index is 0.0876. The van der Waals surface area contributed by atoms with Crippen LogP contribution in [0.2, 0.25) is 0 Å². The van der Waals surface area contributed by atoms with E-state index in [4.69, 9.17) is 10.00 Å². The number of rotatable bonds is 7. The average molecular weight is 247 g/mol. The SMILES string of the molecule is CC(CN(C)C)NCc1ccccc1OCC#N. The number of hydrogen-bond donors (Lipinski definition) is 1. The van der Waals surface area contributed by atoms with E-state index >= 15 is 0 Å². The Morgan fingerprint density at radius 1 is 1.39 bits per heavy atom. The van der Waals surface area contributed by atoms with E-state index in [0.29, 0.717) is 6.04 Å². The molecular weight excluding hydrogens is 226 g/mol. The number of nitrogens with zero attached hydrogens (tertiary/aromatic N) is 2. The molecule has 0 saturated carbocycles. The fourth-order valence-electron chi connectivity index (χ4n) is 1.80. The minimum absolute atomic E-state index is 0.0876. The van der Waals surface area contributed by atoms with Crippen molar-refractivity contribution in [2.45, 2.75) is 19.5 Å². The maximum atomic E-state index is 8.54. The first kappa shape index (κ1) is 14.5. The second kappa shape index (κ2) is 7.70. The van der Waals surface area contributed by atoms with Crippen LogP contribution in [0.4, 0.5) is 0 Å². The summed E-state index contributed by atoms with van der Waals surface area (Å²) in [7, 11) is 4.12. The Morgan fingerprint density at radius 2 is 2.11 bits per heavy atom. The molecule has 98 valence electrons. The second-order valence-electron chi connectivity index (χ2n) is 4.60. The molecule has 1 aromatic carbocycles. The molecule has 0 bridgehead atoms. The molecule has 0 saturated heterocycles. The average Bonchev–Trinajstić information content (AvgIpc) is 2.34. The van der Waals surface area contributed by atoms with Gasteiger partial charge in [0.2, 0.25) is 0 Å². The van der Waals surface area contributed by atoms with Gasteiger partial charge in [0.25, 0.3) is 0 Å². The van der Waals surface area contributed by atoms with E-state index in [9.17, 15) is 0 Å². The summed E-state index contributed by atoms with van der Waals surface area (Å²) in [5, 5.41) is 12.0. The first-order chi connectivity index (χ1) is 8.63. The number of ether oxygens (including phenoxy) is 1. The van der Waals surface area contributed by atoms with Gasteiger partial charge in [-0.3, -0.25) is 0 Å². The van der Waals surface area contributed by atoms with Gasteiger partial charge < -0.3 is 15.0 Å². The van der Waals surface area contributed by atoms with Crippen LogP contribution >= 0.6 is 0 Å². The van der Waals surface area contributed by atoms with Crippen molar-refractivity contribution in [3.63, 3.8) is 0 Å².